The van der Waals surface area contributed by atoms with E-state index >= 15 is 0 Å². The fraction of sp³-hybridized carbons (Fsp3) is 0.480. The summed E-state index contributed by atoms with van der Waals surface area (Å²) in [6, 6.07) is 5.24. The lowest BCUT2D eigenvalue weighted by Crippen LogP contribution is -2.37. The van der Waals surface area contributed by atoms with Crippen LogP contribution in [0.2, 0.25) is 0 Å². The number of amides is 1. The molecule has 0 unspecified atom stereocenters. The molecule has 0 fully saturated rings. The fourth-order valence-electron chi connectivity index (χ4n) is 3.95. The molecule has 0 radical (unpaired) electrons. The number of rotatable bonds is 12. The monoisotopic (exact) mass is 460 g/mol. The first-order valence-corrected chi connectivity index (χ1v) is 11.3. The molecule has 1 aromatic heterocycles. The van der Waals surface area contributed by atoms with Crippen LogP contribution in [0.5, 0.6) is 0 Å². The third-order valence-corrected chi connectivity index (χ3v) is 5.46. The Hall–Kier alpha value is -3.00. The van der Waals surface area contributed by atoms with Crippen LogP contribution < -0.4 is 0 Å². The maximum Gasteiger partial charge on any atom is 0.355 e. The molecule has 0 spiro atoms. The predicted molar refractivity (Wildman–Crippen MR) is 123 cm³/mol. The van der Waals surface area contributed by atoms with E-state index in [9.17, 15) is 18.8 Å². The van der Waals surface area contributed by atoms with E-state index in [0.29, 0.717) is 60.8 Å². The lowest BCUT2D eigenvalue weighted by atomic mass is 10.0. The molecule has 2 aromatic rings. The van der Waals surface area contributed by atoms with Gasteiger partial charge >= 0.3 is 5.97 Å². The van der Waals surface area contributed by atoms with Gasteiger partial charge in [-0.15, -0.1) is 0 Å². The lowest BCUT2D eigenvalue weighted by molar-refractivity contribution is 0.0512. The molecule has 0 aliphatic carbocycles. The van der Waals surface area contributed by atoms with Gasteiger partial charge in [-0.1, -0.05) is 0 Å². The van der Waals surface area contributed by atoms with Crippen LogP contribution in [0.25, 0.3) is 0 Å². The SMILES string of the molecule is CCOCCCN(CC(=O)c1c(C)c(C(=O)OCC)n(CC)c1C)C(=O)c1ccc(F)cc1. The van der Waals surface area contributed by atoms with Gasteiger partial charge in [0.25, 0.3) is 5.91 Å². The Labute approximate surface area is 194 Å². The largest absolute Gasteiger partial charge is 0.461 e. The van der Waals surface area contributed by atoms with Gasteiger partial charge in [-0.05, 0) is 70.9 Å². The highest BCUT2D eigenvalue weighted by Crippen LogP contribution is 2.24. The summed E-state index contributed by atoms with van der Waals surface area (Å²) < 4.78 is 25.6. The molecule has 0 bridgehead atoms. The first-order valence-electron chi connectivity index (χ1n) is 11.3. The van der Waals surface area contributed by atoms with Gasteiger partial charge in [0.2, 0.25) is 0 Å². The van der Waals surface area contributed by atoms with Gasteiger partial charge in [-0.3, -0.25) is 9.59 Å². The topological polar surface area (TPSA) is 77.8 Å². The molecular formula is C25H33FN2O5. The average molecular weight is 461 g/mol. The number of aromatic nitrogens is 1. The number of carbonyl (C=O) groups excluding carboxylic acids is 3. The third-order valence-electron chi connectivity index (χ3n) is 5.46. The predicted octanol–water partition coefficient (Wildman–Crippen LogP) is 4.19. The van der Waals surface area contributed by atoms with Crippen LogP contribution >= 0.6 is 0 Å². The summed E-state index contributed by atoms with van der Waals surface area (Å²) in [5, 5.41) is 0. The minimum atomic E-state index is -0.477. The molecule has 0 saturated heterocycles. The van der Waals surface area contributed by atoms with Crippen molar-refractivity contribution in [2.24, 2.45) is 0 Å². The molecule has 8 heteroatoms. The molecule has 180 valence electrons. The van der Waals surface area contributed by atoms with E-state index in [1.807, 2.05) is 13.8 Å². The van der Waals surface area contributed by atoms with Crippen molar-refractivity contribution in [2.75, 3.05) is 32.9 Å². The normalized spacial score (nSPS) is 10.8. The Kier molecular flexibility index (Phi) is 9.78. The zero-order chi connectivity index (χ0) is 24.5. The van der Waals surface area contributed by atoms with E-state index in [-0.39, 0.29) is 24.8 Å². The second kappa shape index (κ2) is 12.3. The summed E-state index contributed by atoms with van der Waals surface area (Å²) >= 11 is 0. The quantitative estimate of drug-likeness (QED) is 0.270. The number of esters is 1. The van der Waals surface area contributed by atoms with Crippen LogP contribution in [-0.2, 0) is 16.0 Å². The third kappa shape index (κ3) is 6.28. The molecule has 7 nitrogen and oxygen atoms in total. The van der Waals surface area contributed by atoms with Gasteiger partial charge < -0.3 is 18.9 Å². The molecule has 1 amide bonds. The highest BCUT2D eigenvalue weighted by molar-refractivity contribution is 6.06. The second-order valence-corrected chi connectivity index (χ2v) is 7.61. The van der Waals surface area contributed by atoms with Gasteiger partial charge in [0.05, 0.1) is 13.2 Å². The van der Waals surface area contributed by atoms with E-state index in [1.165, 1.54) is 29.2 Å². The number of ketones is 1. The van der Waals surface area contributed by atoms with Crippen molar-refractivity contribution in [3.05, 3.63) is 58.2 Å². The summed E-state index contributed by atoms with van der Waals surface area (Å²) in [4.78, 5) is 40.5. The first kappa shape index (κ1) is 26.3. The maximum absolute atomic E-state index is 13.4. The molecule has 33 heavy (non-hydrogen) atoms. The summed E-state index contributed by atoms with van der Waals surface area (Å²) in [5.74, 6) is -1.55. The van der Waals surface area contributed by atoms with Crippen molar-refractivity contribution in [2.45, 2.75) is 47.6 Å². The number of nitrogens with zero attached hydrogens (tertiary/aromatic N) is 2. The van der Waals surface area contributed by atoms with Gasteiger partial charge in [0.15, 0.2) is 5.78 Å². The molecule has 1 heterocycles. The van der Waals surface area contributed by atoms with Crippen molar-refractivity contribution in [1.29, 1.82) is 0 Å². The van der Waals surface area contributed by atoms with Crippen molar-refractivity contribution < 1.29 is 28.2 Å². The smallest absolute Gasteiger partial charge is 0.355 e. The van der Waals surface area contributed by atoms with E-state index in [4.69, 9.17) is 9.47 Å². The summed E-state index contributed by atoms with van der Waals surface area (Å²) in [5.41, 5.74) is 2.27. The zero-order valence-corrected chi connectivity index (χ0v) is 20.1. The van der Waals surface area contributed by atoms with Crippen LogP contribution in [-0.4, -0.2) is 60.0 Å². The van der Waals surface area contributed by atoms with E-state index in [1.54, 1.807) is 25.3 Å². The summed E-state index contributed by atoms with van der Waals surface area (Å²) in [6.45, 7) is 10.9. The minimum absolute atomic E-state index is 0.167. The summed E-state index contributed by atoms with van der Waals surface area (Å²) in [7, 11) is 0. The Morgan fingerprint density at radius 1 is 1.03 bits per heavy atom. The second-order valence-electron chi connectivity index (χ2n) is 7.61. The van der Waals surface area contributed by atoms with Crippen LogP contribution in [0.3, 0.4) is 0 Å². The van der Waals surface area contributed by atoms with E-state index in [0.717, 1.165) is 0 Å². The van der Waals surface area contributed by atoms with E-state index < -0.39 is 11.8 Å². The molecule has 2 rings (SSSR count). The zero-order valence-electron chi connectivity index (χ0n) is 20.1. The maximum atomic E-state index is 13.4. The van der Waals surface area contributed by atoms with Gasteiger partial charge in [-0.25, -0.2) is 9.18 Å². The Balaban J connectivity index is 2.35. The van der Waals surface area contributed by atoms with Crippen molar-refractivity contribution >= 4 is 17.7 Å². The number of ether oxygens (including phenoxy) is 2. The number of benzene rings is 1. The number of carbonyl (C=O) groups is 3. The van der Waals surface area contributed by atoms with Gasteiger partial charge in [0, 0.05) is 43.1 Å². The molecular weight excluding hydrogens is 427 g/mol. The minimum Gasteiger partial charge on any atom is -0.461 e. The molecule has 0 aliphatic rings. The number of halogens is 1. The van der Waals surface area contributed by atoms with Crippen molar-refractivity contribution in [3.63, 3.8) is 0 Å². The van der Waals surface area contributed by atoms with Crippen LogP contribution in [0.15, 0.2) is 24.3 Å². The summed E-state index contributed by atoms with van der Waals surface area (Å²) in [6.07, 6.45) is 0.552. The Bertz CT molecular complexity index is 982. The van der Waals surface area contributed by atoms with E-state index in [2.05, 4.69) is 0 Å². The van der Waals surface area contributed by atoms with Crippen molar-refractivity contribution in [3.8, 4) is 0 Å². The Morgan fingerprint density at radius 2 is 1.70 bits per heavy atom. The van der Waals surface area contributed by atoms with Crippen LogP contribution in [0.1, 0.15) is 69.7 Å². The Morgan fingerprint density at radius 3 is 2.27 bits per heavy atom. The van der Waals surface area contributed by atoms with Crippen LogP contribution in [0.4, 0.5) is 4.39 Å². The fourth-order valence-corrected chi connectivity index (χ4v) is 3.95. The number of hydrogen-bond acceptors (Lipinski definition) is 5. The van der Waals surface area contributed by atoms with Crippen molar-refractivity contribution in [1.82, 2.24) is 9.47 Å². The standard InChI is InChI=1S/C25H33FN2O5/c1-6-28-18(5)22(17(4)23(28)25(31)33-8-3)21(29)16-27(14-9-15-32-7-2)24(30)19-10-12-20(26)13-11-19/h10-13H,6-9,14-16H2,1-5H3. The molecule has 0 atom stereocenters. The molecule has 0 aliphatic heterocycles. The average Bonchev–Trinajstić information content (AvgIpc) is 3.05. The first-order chi connectivity index (χ1) is 15.8. The molecule has 0 saturated carbocycles. The lowest BCUT2D eigenvalue weighted by Gasteiger charge is -2.22. The van der Waals surface area contributed by atoms with Crippen LogP contribution in [0, 0.1) is 19.7 Å². The molecule has 0 N–H and O–H groups in total. The highest BCUT2D eigenvalue weighted by Gasteiger charge is 2.28. The van der Waals surface area contributed by atoms with Gasteiger partial charge in [0.1, 0.15) is 11.5 Å². The number of Topliss-reactive ketones (excluding diaryl/α,β-unsaturated/α-hetero) is 1. The highest BCUT2D eigenvalue weighted by atomic mass is 19.1. The molecule has 1 aromatic carbocycles. The van der Waals surface area contributed by atoms with Gasteiger partial charge in [-0.2, -0.15) is 0 Å². The number of hydrogen-bond donors (Lipinski definition) is 0.